The smallest absolute Gasteiger partial charge is 0.338 e. The van der Waals surface area contributed by atoms with Gasteiger partial charge in [0.25, 0.3) is 5.69 Å². The van der Waals surface area contributed by atoms with E-state index < -0.39 is 4.92 Å². The Kier molecular flexibility index (Phi) is 4.59. The van der Waals surface area contributed by atoms with Crippen LogP contribution in [0.3, 0.4) is 0 Å². The first kappa shape index (κ1) is 18.5. The second-order valence-electron chi connectivity index (χ2n) is 7.15. The van der Waals surface area contributed by atoms with E-state index in [-0.39, 0.29) is 29.5 Å². The summed E-state index contributed by atoms with van der Waals surface area (Å²) in [5.41, 5.74) is 4.03. The van der Waals surface area contributed by atoms with Crippen LogP contribution in [-0.2, 0) is 4.74 Å². The summed E-state index contributed by atoms with van der Waals surface area (Å²) < 4.78 is 4.98. The molecule has 2 aromatic rings. The minimum atomic E-state index is -0.415. The van der Waals surface area contributed by atoms with Crippen LogP contribution in [0.2, 0.25) is 5.02 Å². The molecule has 2 aromatic carbocycles. The number of nitrogens with zero attached hydrogens (tertiary/aromatic N) is 1. The Balaban J connectivity index is 1.88. The number of nitro groups is 1. The molecule has 0 saturated heterocycles. The lowest BCUT2D eigenvalue weighted by molar-refractivity contribution is -0.384. The van der Waals surface area contributed by atoms with Crippen LogP contribution < -0.4 is 5.32 Å². The summed E-state index contributed by atoms with van der Waals surface area (Å²) in [5.74, 6) is -0.272. The number of aryl methyl sites for hydroxylation is 1. The van der Waals surface area contributed by atoms with E-state index in [1.54, 1.807) is 18.2 Å². The number of methoxy groups -OCH3 is 1. The number of rotatable bonds is 3. The van der Waals surface area contributed by atoms with Gasteiger partial charge >= 0.3 is 5.97 Å². The lowest BCUT2D eigenvalue weighted by atomic mass is 9.74. The fourth-order valence-electron chi connectivity index (χ4n) is 4.33. The fraction of sp³-hybridized carbons (Fsp3) is 0.286. The van der Waals surface area contributed by atoms with Gasteiger partial charge in [-0.3, -0.25) is 10.1 Å². The number of nitro benzene ring substituents is 1. The maximum atomic E-state index is 12.3. The predicted molar refractivity (Wildman–Crippen MR) is 107 cm³/mol. The van der Waals surface area contributed by atoms with Crippen molar-refractivity contribution in [1.29, 1.82) is 0 Å². The van der Waals surface area contributed by atoms with Crippen LogP contribution in [0.5, 0.6) is 0 Å². The zero-order valence-corrected chi connectivity index (χ0v) is 16.2. The maximum absolute atomic E-state index is 12.3. The predicted octanol–water partition coefficient (Wildman–Crippen LogP) is 5.17. The normalized spacial score (nSPS) is 22.2. The molecular formula is C21H19ClN2O4. The number of benzene rings is 2. The van der Waals surface area contributed by atoms with Gasteiger partial charge in [-0.25, -0.2) is 4.79 Å². The molecule has 0 spiro atoms. The third-order valence-electron chi connectivity index (χ3n) is 5.66. The van der Waals surface area contributed by atoms with Crippen LogP contribution in [-0.4, -0.2) is 18.0 Å². The van der Waals surface area contributed by atoms with Crippen molar-refractivity contribution in [1.82, 2.24) is 0 Å². The van der Waals surface area contributed by atoms with Gasteiger partial charge in [-0.2, -0.15) is 0 Å². The molecule has 28 heavy (non-hydrogen) atoms. The SMILES string of the molecule is COC(=O)c1ccc(C)c2c1[C@@H]1C=CC[C@@H]1[C@@H](c1cc([N+](=O)[O-])ccc1Cl)N2. The van der Waals surface area contributed by atoms with Crippen LogP contribution in [0.25, 0.3) is 0 Å². The zero-order chi connectivity index (χ0) is 20.0. The number of ether oxygens (including phenoxy) is 1. The van der Waals surface area contributed by atoms with E-state index in [4.69, 9.17) is 16.3 Å². The Labute approximate surface area is 167 Å². The van der Waals surface area contributed by atoms with Gasteiger partial charge in [0.2, 0.25) is 0 Å². The van der Waals surface area contributed by atoms with Crippen LogP contribution >= 0.6 is 11.6 Å². The fourth-order valence-corrected chi connectivity index (χ4v) is 4.57. The second-order valence-corrected chi connectivity index (χ2v) is 7.56. The highest BCUT2D eigenvalue weighted by atomic mass is 35.5. The van der Waals surface area contributed by atoms with Crippen LogP contribution in [0, 0.1) is 23.0 Å². The highest BCUT2D eigenvalue weighted by molar-refractivity contribution is 6.31. The number of nitrogens with one attached hydrogen (secondary N) is 1. The summed E-state index contributed by atoms with van der Waals surface area (Å²) in [4.78, 5) is 23.2. The Morgan fingerprint density at radius 3 is 2.82 bits per heavy atom. The number of fused-ring (bicyclic) bond motifs is 3. The third kappa shape index (κ3) is 2.85. The van der Waals surface area contributed by atoms with E-state index in [0.29, 0.717) is 16.1 Å². The molecule has 1 aliphatic heterocycles. The van der Waals surface area contributed by atoms with Crippen molar-refractivity contribution in [2.45, 2.75) is 25.3 Å². The van der Waals surface area contributed by atoms with Crippen LogP contribution in [0.1, 0.15) is 45.4 Å². The van der Waals surface area contributed by atoms with Crippen molar-refractivity contribution in [2.75, 3.05) is 12.4 Å². The lowest BCUT2D eigenvalue weighted by Crippen LogP contribution is -2.31. The van der Waals surface area contributed by atoms with E-state index in [2.05, 4.69) is 17.5 Å². The number of hydrogen-bond acceptors (Lipinski definition) is 5. The summed E-state index contributed by atoms with van der Waals surface area (Å²) in [5, 5.41) is 15.3. The van der Waals surface area contributed by atoms with Gasteiger partial charge in [-0.1, -0.05) is 29.8 Å². The molecule has 0 aromatic heterocycles. The van der Waals surface area contributed by atoms with Crippen molar-refractivity contribution in [3.8, 4) is 0 Å². The molecular weight excluding hydrogens is 380 g/mol. The number of esters is 1. The average Bonchev–Trinajstić information content (AvgIpc) is 3.17. The Morgan fingerprint density at radius 1 is 1.32 bits per heavy atom. The number of anilines is 1. The molecule has 2 aliphatic rings. The zero-order valence-electron chi connectivity index (χ0n) is 15.4. The molecule has 6 nitrogen and oxygen atoms in total. The summed E-state index contributed by atoms with van der Waals surface area (Å²) in [6.45, 7) is 1.97. The lowest BCUT2D eigenvalue weighted by Gasteiger charge is -2.39. The number of carbonyl (C=O) groups excluding carboxylic acids is 1. The molecule has 1 N–H and O–H groups in total. The van der Waals surface area contributed by atoms with E-state index in [1.807, 2.05) is 13.0 Å². The van der Waals surface area contributed by atoms with Gasteiger partial charge in [0.15, 0.2) is 0 Å². The average molecular weight is 399 g/mol. The minimum Gasteiger partial charge on any atom is -0.465 e. The topological polar surface area (TPSA) is 81.5 Å². The number of hydrogen-bond donors (Lipinski definition) is 1. The maximum Gasteiger partial charge on any atom is 0.338 e. The first-order valence-corrected chi connectivity index (χ1v) is 9.39. The minimum absolute atomic E-state index is 0.00517. The van der Waals surface area contributed by atoms with Gasteiger partial charge in [0.1, 0.15) is 0 Å². The monoisotopic (exact) mass is 398 g/mol. The Morgan fingerprint density at radius 2 is 2.11 bits per heavy atom. The standard InChI is InChI=1S/C21H19ClN2O4/c1-11-6-8-15(21(25)28-2)18-13-4-3-5-14(13)20(23-19(11)18)16-10-12(24(26)27)7-9-17(16)22/h3-4,6-10,13-14,20,23H,5H2,1-2H3/t13-,14+,20+/m1/s1. The molecule has 0 radical (unpaired) electrons. The van der Waals surface area contributed by atoms with Crippen molar-refractivity contribution < 1.29 is 14.5 Å². The number of halogens is 1. The quantitative estimate of drug-likeness (QED) is 0.334. The van der Waals surface area contributed by atoms with E-state index in [1.165, 1.54) is 13.2 Å². The summed E-state index contributed by atoms with van der Waals surface area (Å²) >= 11 is 6.44. The number of carbonyl (C=O) groups is 1. The highest BCUT2D eigenvalue weighted by Crippen LogP contribution is 2.52. The van der Waals surface area contributed by atoms with Gasteiger partial charge in [-0.05, 0) is 42.5 Å². The summed E-state index contributed by atoms with van der Waals surface area (Å²) in [6, 6.07) is 8.00. The summed E-state index contributed by atoms with van der Waals surface area (Å²) in [7, 11) is 1.37. The Hall–Kier alpha value is -2.86. The van der Waals surface area contributed by atoms with Gasteiger partial charge in [0.05, 0.1) is 23.6 Å². The second kappa shape index (κ2) is 6.95. The molecule has 3 atom stereocenters. The molecule has 1 heterocycles. The molecule has 4 rings (SSSR count). The molecule has 7 heteroatoms. The van der Waals surface area contributed by atoms with Crippen molar-refractivity contribution >= 4 is 28.9 Å². The Bertz CT molecular complexity index is 1020. The summed E-state index contributed by atoms with van der Waals surface area (Å²) in [6.07, 6.45) is 4.98. The largest absolute Gasteiger partial charge is 0.465 e. The molecule has 1 aliphatic carbocycles. The van der Waals surface area contributed by atoms with Crippen molar-refractivity contribution in [2.24, 2.45) is 5.92 Å². The molecule has 0 amide bonds. The van der Waals surface area contributed by atoms with Crippen LogP contribution in [0.4, 0.5) is 11.4 Å². The van der Waals surface area contributed by atoms with Crippen molar-refractivity contribution in [3.63, 3.8) is 0 Å². The molecule has 144 valence electrons. The molecule has 0 unspecified atom stereocenters. The van der Waals surface area contributed by atoms with Gasteiger partial charge in [-0.15, -0.1) is 0 Å². The first-order chi connectivity index (χ1) is 13.4. The highest BCUT2D eigenvalue weighted by Gasteiger charge is 2.41. The number of non-ortho nitro benzene ring substituents is 1. The third-order valence-corrected chi connectivity index (χ3v) is 6.00. The van der Waals surface area contributed by atoms with Crippen molar-refractivity contribution in [3.05, 3.63) is 79.9 Å². The van der Waals surface area contributed by atoms with Crippen LogP contribution in [0.15, 0.2) is 42.5 Å². The van der Waals surface area contributed by atoms with E-state index in [0.717, 1.165) is 23.2 Å². The molecule has 0 saturated carbocycles. The molecule has 0 fully saturated rings. The van der Waals surface area contributed by atoms with E-state index >= 15 is 0 Å². The molecule has 0 bridgehead atoms. The van der Waals surface area contributed by atoms with Gasteiger partial charge in [0, 0.05) is 34.3 Å². The number of allylic oxidation sites excluding steroid dienone is 2. The van der Waals surface area contributed by atoms with E-state index in [9.17, 15) is 14.9 Å². The van der Waals surface area contributed by atoms with Gasteiger partial charge < -0.3 is 10.1 Å². The first-order valence-electron chi connectivity index (χ1n) is 9.01.